The van der Waals surface area contributed by atoms with Gasteiger partial charge in [0.2, 0.25) is 0 Å². The zero-order valence-electron chi connectivity index (χ0n) is 8.22. The van der Waals surface area contributed by atoms with Crippen molar-refractivity contribution in [3.8, 4) is 5.75 Å². The van der Waals surface area contributed by atoms with Gasteiger partial charge in [0.25, 0.3) is 0 Å². The molecule has 0 spiro atoms. The average molecular weight is 405 g/mol. The Bertz CT molecular complexity index is 398. The maximum atomic E-state index is 12.0. The zero-order chi connectivity index (χ0) is 12.3. The minimum Gasteiger partial charge on any atom is -0.435 e. The summed E-state index contributed by atoms with van der Waals surface area (Å²) in [6, 6.07) is 4.49. The number of carbonyl (C=O) groups excluding carboxylic acids is 1. The molecule has 1 unspecified atom stereocenters. The molecule has 1 aromatic carbocycles. The first-order valence-corrected chi connectivity index (χ1v) is 6.30. The van der Waals surface area contributed by atoms with E-state index in [0.717, 1.165) is 5.56 Å². The van der Waals surface area contributed by atoms with Gasteiger partial charge in [-0.05, 0) is 47.2 Å². The largest absolute Gasteiger partial charge is 0.435 e. The maximum absolute atomic E-state index is 12.0. The highest BCUT2D eigenvalue weighted by atomic mass is 127. The van der Waals surface area contributed by atoms with Gasteiger partial charge in [0.15, 0.2) is 0 Å². The van der Waals surface area contributed by atoms with E-state index in [1.165, 1.54) is 19.1 Å². The van der Waals surface area contributed by atoms with Gasteiger partial charge >= 0.3 is 6.61 Å². The molecule has 0 saturated heterocycles. The smallest absolute Gasteiger partial charge is 0.387 e. The van der Waals surface area contributed by atoms with Gasteiger partial charge in [-0.2, -0.15) is 8.78 Å². The number of carbonyl (C=O) groups is 1. The summed E-state index contributed by atoms with van der Waals surface area (Å²) in [5, 5.41) is 0. The van der Waals surface area contributed by atoms with Crippen molar-refractivity contribution in [2.24, 2.45) is 0 Å². The van der Waals surface area contributed by atoms with E-state index in [-0.39, 0.29) is 11.5 Å². The molecule has 0 amide bonds. The third-order valence-electron chi connectivity index (χ3n) is 1.83. The molecule has 2 nitrogen and oxygen atoms in total. The van der Waals surface area contributed by atoms with E-state index in [2.05, 4.69) is 20.7 Å². The van der Waals surface area contributed by atoms with Crippen LogP contribution in [0.3, 0.4) is 0 Å². The Kier molecular flexibility index (Phi) is 5.10. The number of hydrogen-bond donors (Lipinski definition) is 0. The van der Waals surface area contributed by atoms with Crippen LogP contribution in [0.25, 0.3) is 0 Å². The summed E-state index contributed by atoms with van der Waals surface area (Å²) in [5.74, 6) is 0.0480. The van der Waals surface area contributed by atoms with E-state index in [9.17, 15) is 13.6 Å². The van der Waals surface area contributed by atoms with Crippen LogP contribution in [0.2, 0.25) is 0 Å². The lowest BCUT2D eigenvalue weighted by atomic mass is 10.1. The molecule has 0 aliphatic heterocycles. The molecule has 0 fully saturated rings. The second kappa shape index (κ2) is 5.90. The number of alkyl halides is 3. The van der Waals surface area contributed by atoms with Crippen LogP contribution >= 0.6 is 38.5 Å². The number of benzene rings is 1. The Balaban J connectivity index is 2.95. The van der Waals surface area contributed by atoms with Crippen molar-refractivity contribution in [2.45, 2.75) is 18.4 Å². The summed E-state index contributed by atoms with van der Waals surface area (Å²) in [4.78, 5) is 10.7. The van der Waals surface area contributed by atoms with Crippen molar-refractivity contribution < 1.29 is 18.3 Å². The third-order valence-corrected chi connectivity index (χ3v) is 3.90. The van der Waals surface area contributed by atoms with Crippen molar-refractivity contribution in [1.82, 2.24) is 0 Å². The molecule has 1 rings (SSSR count). The summed E-state index contributed by atoms with van der Waals surface area (Å²) in [6.45, 7) is -1.38. The molecule has 0 aliphatic carbocycles. The number of ether oxygens (including phenoxy) is 1. The third kappa shape index (κ3) is 3.65. The molecular formula is C10H8BrF2IO2. The standard InChI is InChI=1S/C10H8BrF2IO2/c1-5(15)9(11)7-3-2-6(4-8(7)14)16-10(12)13/h2-4,9-10H,1H3. The first-order valence-electron chi connectivity index (χ1n) is 4.30. The lowest BCUT2D eigenvalue weighted by molar-refractivity contribution is -0.116. The van der Waals surface area contributed by atoms with Crippen LogP contribution in [0.15, 0.2) is 18.2 Å². The number of halogens is 4. The molecule has 6 heteroatoms. The fraction of sp³-hybridized carbons (Fsp3) is 0.300. The number of Topliss-reactive ketones (excluding diaryl/α,β-unsaturated/α-hetero) is 1. The molecule has 88 valence electrons. The Morgan fingerprint density at radius 2 is 2.12 bits per heavy atom. The van der Waals surface area contributed by atoms with E-state index >= 15 is 0 Å². The van der Waals surface area contributed by atoms with Gasteiger partial charge < -0.3 is 4.74 Å². The summed E-state index contributed by atoms with van der Waals surface area (Å²) in [6.07, 6.45) is 0. The summed E-state index contributed by atoms with van der Waals surface area (Å²) in [7, 11) is 0. The predicted molar refractivity (Wildman–Crippen MR) is 68.1 cm³/mol. The Morgan fingerprint density at radius 3 is 2.56 bits per heavy atom. The van der Waals surface area contributed by atoms with E-state index in [1.54, 1.807) is 6.07 Å². The van der Waals surface area contributed by atoms with Crippen LogP contribution in [0, 0.1) is 3.57 Å². The van der Waals surface area contributed by atoms with Gasteiger partial charge in [0, 0.05) is 3.57 Å². The highest BCUT2D eigenvalue weighted by Gasteiger charge is 2.16. The molecule has 0 radical (unpaired) electrons. The van der Waals surface area contributed by atoms with E-state index in [4.69, 9.17) is 0 Å². The molecule has 1 atom stereocenters. The molecule has 0 bridgehead atoms. The molecular weight excluding hydrogens is 397 g/mol. The van der Waals surface area contributed by atoms with Crippen molar-refractivity contribution >= 4 is 44.3 Å². The van der Waals surface area contributed by atoms with Crippen LogP contribution in [-0.4, -0.2) is 12.4 Å². The Morgan fingerprint density at radius 1 is 1.50 bits per heavy atom. The lowest BCUT2D eigenvalue weighted by Crippen LogP contribution is -2.05. The number of rotatable bonds is 4. The number of ketones is 1. The minimum absolute atomic E-state index is 0.0413. The molecule has 0 heterocycles. The van der Waals surface area contributed by atoms with Crippen LogP contribution in [-0.2, 0) is 4.79 Å². The molecule has 0 aromatic heterocycles. The first kappa shape index (κ1) is 13.8. The fourth-order valence-corrected chi connectivity index (χ4v) is 2.73. The quantitative estimate of drug-likeness (QED) is 0.561. The highest BCUT2D eigenvalue weighted by molar-refractivity contribution is 14.1. The van der Waals surface area contributed by atoms with Gasteiger partial charge in [-0.3, -0.25) is 4.79 Å². The van der Waals surface area contributed by atoms with Crippen molar-refractivity contribution in [3.63, 3.8) is 0 Å². The first-order chi connectivity index (χ1) is 7.41. The van der Waals surface area contributed by atoms with Gasteiger partial charge in [-0.1, -0.05) is 22.0 Å². The number of hydrogen-bond acceptors (Lipinski definition) is 2. The van der Waals surface area contributed by atoms with Crippen LogP contribution in [0.1, 0.15) is 17.3 Å². The maximum Gasteiger partial charge on any atom is 0.387 e. The normalized spacial score (nSPS) is 12.6. The topological polar surface area (TPSA) is 26.3 Å². The average Bonchev–Trinajstić information content (AvgIpc) is 2.15. The second-order valence-electron chi connectivity index (χ2n) is 3.04. The molecule has 0 N–H and O–H groups in total. The van der Waals surface area contributed by atoms with Gasteiger partial charge in [0.05, 0.1) is 4.83 Å². The highest BCUT2D eigenvalue weighted by Crippen LogP contribution is 2.30. The van der Waals surface area contributed by atoms with Gasteiger partial charge in [-0.25, -0.2) is 0 Å². The molecule has 16 heavy (non-hydrogen) atoms. The summed E-state index contributed by atoms with van der Waals surface area (Å²) in [5.41, 5.74) is 0.745. The van der Waals surface area contributed by atoms with Crippen LogP contribution in [0.5, 0.6) is 5.75 Å². The minimum atomic E-state index is -2.84. The van der Waals surface area contributed by atoms with E-state index in [1.807, 2.05) is 22.6 Å². The molecule has 0 aliphatic rings. The fourth-order valence-electron chi connectivity index (χ4n) is 1.11. The summed E-state index contributed by atoms with van der Waals surface area (Å²) >= 11 is 5.21. The zero-order valence-corrected chi connectivity index (χ0v) is 12.0. The monoisotopic (exact) mass is 404 g/mol. The molecule has 0 saturated carbocycles. The SMILES string of the molecule is CC(=O)C(Br)c1ccc(OC(F)F)cc1I. The van der Waals surface area contributed by atoms with Crippen molar-refractivity contribution in [1.29, 1.82) is 0 Å². The Labute approximate surface area is 114 Å². The predicted octanol–water partition coefficient (Wildman–Crippen LogP) is 3.92. The van der Waals surface area contributed by atoms with E-state index in [0.29, 0.717) is 3.57 Å². The molecule has 1 aromatic rings. The van der Waals surface area contributed by atoms with E-state index < -0.39 is 11.4 Å². The van der Waals surface area contributed by atoms with Gasteiger partial charge in [-0.15, -0.1) is 0 Å². The van der Waals surface area contributed by atoms with Crippen LogP contribution in [0.4, 0.5) is 8.78 Å². The van der Waals surface area contributed by atoms with Crippen molar-refractivity contribution in [2.75, 3.05) is 0 Å². The second-order valence-corrected chi connectivity index (χ2v) is 5.11. The summed E-state index contributed by atoms with van der Waals surface area (Å²) < 4.78 is 28.9. The van der Waals surface area contributed by atoms with Crippen molar-refractivity contribution in [3.05, 3.63) is 27.3 Å². The van der Waals surface area contributed by atoms with Gasteiger partial charge in [0.1, 0.15) is 11.5 Å². The van der Waals surface area contributed by atoms with Crippen LogP contribution < -0.4 is 4.74 Å². The Hall–Kier alpha value is -0.240. The lowest BCUT2D eigenvalue weighted by Gasteiger charge is -2.11.